The minimum atomic E-state index is 0.392. The molecular weight excluding hydrogens is 256 g/mol. The first-order valence-electron chi connectivity index (χ1n) is 6.73. The molecular formula is C15H20N2OS. The van der Waals surface area contributed by atoms with E-state index in [2.05, 4.69) is 55.2 Å². The molecule has 0 saturated heterocycles. The van der Waals surface area contributed by atoms with Gasteiger partial charge in [-0.2, -0.15) is 0 Å². The van der Waals surface area contributed by atoms with Crippen molar-refractivity contribution in [2.75, 3.05) is 0 Å². The number of hydrogen-bond acceptors (Lipinski definition) is 4. The summed E-state index contributed by atoms with van der Waals surface area (Å²) in [6, 6.07) is 10.4. The Hall–Kier alpha value is -1.29. The first-order chi connectivity index (χ1) is 9.19. The van der Waals surface area contributed by atoms with Gasteiger partial charge in [0.2, 0.25) is 5.89 Å². The highest BCUT2D eigenvalue weighted by atomic mass is 32.2. The van der Waals surface area contributed by atoms with Gasteiger partial charge in [-0.1, -0.05) is 62.9 Å². The number of hydrogen-bond donors (Lipinski definition) is 0. The van der Waals surface area contributed by atoms with Crippen LogP contribution in [0.1, 0.15) is 44.6 Å². The predicted molar refractivity (Wildman–Crippen MR) is 78.5 cm³/mol. The molecule has 3 nitrogen and oxygen atoms in total. The van der Waals surface area contributed by atoms with Gasteiger partial charge in [-0.25, -0.2) is 0 Å². The molecule has 0 fully saturated rings. The molecule has 2 atom stereocenters. The van der Waals surface area contributed by atoms with Gasteiger partial charge in [0, 0.05) is 11.7 Å². The molecule has 0 amide bonds. The molecule has 0 saturated carbocycles. The van der Waals surface area contributed by atoms with E-state index in [0.29, 0.717) is 16.4 Å². The summed E-state index contributed by atoms with van der Waals surface area (Å²) >= 11 is 1.65. The second-order valence-electron chi connectivity index (χ2n) is 4.81. The van der Waals surface area contributed by atoms with Gasteiger partial charge in [-0.3, -0.25) is 0 Å². The van der Waals surface area contributed by atoms with E-state index in [4.69, 9.17) is 4.42 Å². The van der Waals surface area contributed by atoms with Crippen molar-refractivity contribution in [3.8, 4) is 0 Å². The fourth-order valence-electron chi connectivity index (χ4n) is 1.79. The van der Waals surface area contributed by atoms with E-state index in [1.54, 1.807) is 11.8 Å². The summed E-state index contributed by atoms with van der Waals surface area (Å²) < 4.78 is 5.69. The van der Waals surface area contributed by atoms with Crippen molar-refractivity contribution < 1.29 is 4.42 Å². The molecule has 0 bridgehead atoms. The summed E-state index contributed by atoms with van der Waals surface area (Å²) in [6.45, 7) is 6.51. The summed E-state index contributed by atoms with van der Waals surface area (Å²) in [4.78, 5) is 0. The van der Waals surface area contributed by atoms with Crippen LogP contribution < -0.4 is 0 Å². The maximum absolute atomic E-state index is 5.69. The van der Waals surface area contributed by atoms with E-state index in [-0.39, 0.29) is 0 Å². The van der Waals surface area contributed by atoms with Gasteiger partial charge in [-0.15, -0.1) is 10.2 Å². The quantitative estimate of drug-likeness (QED) is 0.737. The van der Waals surface area contributed by atoms with Gasteiger partial charge in [0.15, 0.2) is 0 Å². The van der Waals surface area contributed by atoms with Crippen LogP contribution in [-0.2, 0) is 6.42 Å². The summed E-state index contributed by atoms with van der Waals surface area (Å²) in [5, 5.41) is 9.43. The Morgan fingerprint density at radius 1 is 1.16 bits per heavy atom. The molecule has 4 heteroatoms. The van der Waals surface area contributed by atoms with Crippen molar-refractivity contribution in [1.29, 1.82) is 0 Å². The second kappa shape index (κ2) is 6.75. The van der Waals surface area contributed by atoms with Crippen LogP contribution in [-0.4, -0.2) is 15.4 Å². The molecule has 102 valence electrons. The van der Waals surface area contributed by atoms with Crippen LogP contribution in [0.2, 0.25) is 0 Å². The number of rotatable bonds is 6. The highest BCUT2D eigenvalue weighted by Crippen LogP contribution is 2.25. The SMILES string of the molecule is CCC(C)Sc1nnc(CC(C)c2ccccc2)o1. The lowest BCUT2D eigenvalue weighted by Crippen LogP contribution is -1.98. The first-order valence-corrected chi connectivity index (χ1v) is 7.61. The lowest BCUT2D eigenvalue weighted by molar-refractivity contribution is 0.404. The van der Waals surface area contributed by atoms with Crippen LogP contribution in [0, 0.1) is 0 Å². The van der Waals surface area contributed by atoms with Crippen molar-refractivity contribution in [1.82, 2.24) is 10.2 Å². The summed E-state index contributed by atoms with van der Waals surface area (Å²) in [5.74, 6) is 1.12. The third kappa shape index (κ3) is 4.10. The number of nitrogens with zero attached hydrogens (tertiary/aromatic N) is 2. The summed E-state index contributed by atoms with van der Waals surface area (Å²) in [6.07, 6.45) is 1.89. The molecule has 0 aliphatic carbocycles. The molecule has 2 aromatic rings. The van der Waals surface area contributed by atoms with E-state index in [9.17, 15) is 0 Å². The third-order valence-electron chi connectivity index (χ3n) is 3.17. The maximum Gasteiger partial charge on any atom is 0.276 e. The van der Waals surface area contributed by atoms with E-state index >= 15 is 0 Å². The largest absolute Gasteiger partial charge is 0.416 e. The monoisotopic (exact) mass is 276 g/mol. The predicted octanol–water partition coefficient (Wildman–Crippen LogP) is 4.31. The van der Waals surface area contributed by atoms with Crippen LogP contribution in [0.4, 0.5) is 0 Å². The molecule has 2 rings (SSSR count). The minimum Gasteiger partial charge on any atom is -0.416 e. The van der Waals surface area contributed by atoms with Gasteiger partial charge in [0.25, 0.3) is 5.22 Å². The summed E-state index contributed by atoms with van der Waals surface area (Å²) in [7, 11) is 0. The Labute approximate surface area is 118 Å². The molecule has 0 spiro atoms. The highest BCUT2D eigenvalue weighted by molar-refractivity contribution is 7.99. The number of benzene rings is 1. The molecule has 0 N–H and O–H groups in total. The van der Waals surface area contributed by atoms with Crippen molar-refractivity contribution in [2.24, 2.45) is 0 Å². The average Bonchev–Trinajstić information content (AvgIpc) is 2.86. The molecule has 0 aliphatic rings. The van der Waals surface area contributed by atoms with Crippen LogP contribution in [0.15, 0.2) is 40.0 Å². The molecule has 1 aromatic heterocycles. The van der Waals surface area contributed by atoms with E-state index in [0.717, 1.165) is 18.7 Å². The third-order valence-corrected chi connectivity index (χ3v) is 4.28. The van der Waals surface area contributed by atoms with Gasteiger partial charge in [0.1, 0.15) is 0 Å². The average molecular weight is 276 g/mol. The molecule has 0 radical (unpaired) electrons. The lowest BCUT2D eigenvalue weighted by atomic mass is 9.98. The molecule has 2 unspecified atom stereocenters. The van der Waals surface area contributed by atoms with E-state index < -0.39 is 0 Å². The fraction of sp³-hybridized carbons (Fsp3) is 0.467. The number of thioether (sulfide) groups is 1. The fourth-order valence-corrected chi connectivity index (χ4v) is 2.53. The van der Waals surface area contributed by atoms with Gasteiger partial charge in [0.05, 0.1) is 0 Å². The van der Waals surface area contributed by atoms with Crippen LogP contribution in [0.5, 0.6) is 0 Å². The van der Waals surface area contributed by atoms with Gasteiger partial charge < -0.3 is 4.42 Å². The minimum absolute atomic E-state index is 0.392. The highest BCUT2D eigenvalue weighted by Gasteiger charge is 2.13. The van der Waals surface area contributed by atoms with E-state index in [1.165, 1.54) is 5.56 Å². The molecule has 0 aliphatic heterocycles. The van der Waals surface area contributed by atoms with Crippen molar-refractivity contribution >= 4 is 11.8 Å². The Balaban J connectivity index is 1.96. The van der Waals surface area contributed by atoms with Crippen LogP contribution in [0.3, 0.4) is 0 Å². The Morgan fingerprint density at radius 3 is 2.58 bits per heavy atom. The Morgan fingerprint density at radius 2 is 1.89 bits per heavy atom. The smallest absolute Gasteiger partial charge is 0.276 e. The normalized spacial score (nSPS) is 14.3. The zero-order chi connectivity index (χ0) is 13.7. The first kappa shape index (κ1) is 14.1. The lowest BCUT2D eigenvalue weighted by Gasteiger charge is -2.08. The van der Waals surface area contributed by atoms with Crippen molar-refractivity contribution in [3.05, 3.63) is 41.8 Å². The van der Waals surface area contributed by atoms with Crippen LogP contribution >= 0.6 is 11.8 Å². The second-order valence-corrected chi connectivity index (χ2v) is 6.20. The Bertz CT molecular complexity index is 498. The van der Waals surface area contributed by atoms with E-state index in [1.807, 2.05) is 6.07 Å². The van der Waals surface area contributed by atoms with Crippen LogP contribution in [0.25, 0.3) is 0 Å². The topological polar surface area (TPSA) is 38.9 Å². The maximum atomic E-state index is 5.69. The van der Waals surface area contributed by atoms with Crippen molar-refractivity contribution in [3.63, 3.8) is 0 Å². The van der Waals surface area contributed by atoms with Crippen molar-refractivity contribution in [2.45, 2.75) is 50.0 Å². The Kier molecular flexibility index (Phi) is 5.02. The standard InChI is InChI=1S/C15H20N2OS/c1-4-12(3)19-15-17-16-14(18-15)10-11(2)13-8-6-5-7-9-13/h5-9,11-12H,4,10H2,1-3H3. The molecule has 1 heterocycles. The zero-order valence-corrected chi connectivity index (χ0v) is 12.5. The molecule has 1 aromatic carbocycles. The van der Waals surface area contributed by atoms with Gasteiger partial charge in [-0.05, 0) is 17.9 Å². The van der Waals surface area contributed by atoms with Gasteiger partial charge >= 0.3 is 0 Å². The zero-order valence-electron chi connectivity index (χ0n) is 11.7. The summed E-state index contributed by atoms with van der Waals surface area (Å²) in [5.41, 5.74) is 1.30. The molecule has 19 heavy (non-hydrogen) atoms. The number of aromatic nitrogens is 2.